The van der Waals surface area contributed by atoms with Crippen LogP contribution in [0.5, 0.6) is 0 Å². The van der Waals surface area contributed by atoms with Crippen molar-refractivity contribution >= 4 is 29.5 Å². The summed E-state index contributed by atoms with van der Waals surface area (Å²) in [5, 5.41) is 8.68. The van der Waals surface area contributed by atoms with Gasteiger partial charge in [-0.2, -0.15) is 5.26 Å². The van der Waals surface area contributed by atoms with E-state index in [1.54, 1.807) is 12.4 Å². The summed E-state index contributed by atoms with van der Waals surface area (Å²) in [4.78, 5) is 29.8. The number of esters is 1. The number of nitriles is 1. The molecule has 0 radical (unpaired) electrons. The number of benzene rings is 2. The summed E-state index contributed by atoms with van der Waals surface area (Å²) in [6.45, 7) is 9.14. The molecule has 9 heteroatoms. The summed E-state index contributed by atoms with van der Waals surface area (Å²) in [5.74, 6) is 14.4. The van der Waals surface area contributed by atoms with E-state index in [0.29, 0.717) is 11.1 Å². The van der Waals surface area contributed by atoms with Crippen molar-refractivity contribution in [3.8, 4) is 29.8 Å². The molecule has 2 aliphatic rings. The molecule has 230 valence electrons. The molecule has 2 aromatic heterocycles. The third-order valence-corrected chi connectivity index (χ3v) is 10.0. The van der Waals surface area contributed by atoms with Crippen molar-refractivity contribution in [1.29, 1.82) is 5.26 Å². The molecular formula is C37H33N5O2S2. The molecule has 0 bridgehead atoms. The number of nitrogens with zero attached hydrogens (tertiary/aromatic N) is 5. The van der Waals surface area contributed by atoms with E-state index in [-0.39, 0.29) is 22.5 Å². The zero-order chi connectivity index (χ0) is 32.7. The second kappa shape index (κ2) is 14.2. The number of fused-ring (bicyclic) bond motifs is 2. The highest BCUT2D eigenvalue weighted by Gasteiger charge is 2.28. The van der Waals surface area contributed by atoms with E-state index < -0.39 is 5.97 Å². The number of rotatable bonds is 1. The van der Waals surface area contributed by atoms with Crippen molar-refractivity contribution in [2.45, 2.75) is 61.2 Å². The fourth-order valence-electron chi connectivity index (χ4n) is 4.95. The molecule has 4 heterocycles. The van der Waals surface area contributed by atoms with Crippen molar-refractivity contribution in [2.75, 3.05) is 18.6 Å². The first kappa shape index (κ1) is 32.8. The Kier molecular flexibility index (Phi) is 10.1. The molecule has 0 atom stereocenters. The summed E-state index contributed by atoms with van der Waals surface area (Å²) in [6.07, 6.45) is 8.58. The Morgan fingerprint density at radius 1 is 0.717 bits per heavy atom. The molecule has 0 saturated carbocycles. The SMILES string of the molecule is CC1(C)CCSc2ccc(C#Cc3cnc(C#N)nc3)cc21.COC(=O)c1ncc(C#Cc2ccc3c(c2)C(C)(C)CCS3)cn1. The Hall–Kier alpha value is -4.62. The van der Waals surface area contributed by atoms with Crippen LogP contribution in [0.25, 0.3) is 0 Å². The number of carbonyl (C=O) groups is 1. The van der Waals surface area contributed by atoms with Crippen molar-refractivity contribution in [3.05, 3.63) is 106 Å². The highest BCUT2D eigenvalue weighted by molar-refractivity contribution is 7.99. The topological polar surface area (TPSA) is 102 Å². The van der Waals surface area contributed by atoms with Crippen molar-refractivity contribution in [1.82, 2.24) is 19.9 Å². The maximum Gasteiger partial charge on any atom is 0.376 e. The van der Waals surface area contributed by atoms with Crippen LogP contribution in [0.15, 0.2) is 71.0 Å². The van der Waals surface area contributed by atoms with Gasteiger partial charge in [0.15, 0.2) is 0 Å². The summed E-state index contributed by atoms with van der Waals surface area (Å²) in [5.41, 5.74) is 6.48. The molecule has 0 saturated heterocycles. The summed E-state index contributed by atoms with van der Waals surface area (Å²) in [7, 11) is 1.30. The first-order chi connectivity index (χ1) is 22.1. The van der Waals surface area contributed by atoms with Crippen LogP contribution in [0.1, 0.15) is 90.4 Å². The van der Waals surface area contributed by atoms with Gasteiger partial charge in [0.2, 0.25) is 11.6 Å². The quantitative estimate of drug-likeness (QED) is 0.161. The van der Waals surface area contributed by atoms with Crippen LogP contribution in [0.3, 0.4) is 0 Å². The number of carbonyl (C=O) groups excluding carboxylic acids is 1. The molecule has 0 fully saturated rings. The molecule has 0 amide bonds. The van der Waals surface area contributed by atoms with E-state index in [2.05, 4.69) is 106 Å². The maximum atomic E-state index is 11.3. The van der Waals surface area contributed by atoms with Crippen LogP contribution in [0.4, 0.5) is 0 Å². The minimum atomic E-state index is -0.552. The van der Waals surface area contributed by atoms with Crippen molar-refractivity contribution in [2.24, 2.45) is 0 Å². The summed E-state index contributed by atoms with van der Waals surface area (Å²) < 4.78 is 4.58. The molecule has 4 aromatic rings. The van der Waals surface area contributed by atoms with Gasteiger partial charge in [-0.25, -0.2) is 24.7 Å². The largest absolute Gasteiger partial charge is 0.463 e. The Morgan fingerprint density at radius 2 is 1.15 bits per heavy atom. The zero-order valence-electron chi connectivity index (χ0n) is 26.5. The summed E-state index contributed by atoms with van der Waals surface area (Å²) >= 11 is 3.83. The van der Waals surface area contributed by atoms with E-state index in [0.717, 1.165) is 16.9 Å². The van der Waals surface area contributed by atoms with Gasteiger partial charge in [-0.3, -0.25) is 0 Å². The zero-order valence-corrected chi connectivity index (χ0v) is 28.1. The Balaban J connectivity index is 0.000000182. The van der Waals surface area contributed by atoms with E-state index in [9.17, 15) is 4.79 Å². The second-order valence-electron chi connectivity index (χ2n) is 12.1. The van der Waals surface area contributed by atoms with Gasteiger partial charge in [0, 0.05) is 45.7 Å². The number of hydrogen-bond donors (Lipinski definition) is 0. The number of thioether (sulfide) groups is 2. The van der Waals surface area contributed by atoms with Crippen LogP contribution in [-0.4, -0.2) is 44.5 Å². The lowest BCUT2D eigenvalue weighted by Crippen LogP contribution is -2.22. The number of aromatic nitrogens is 4. The van der Waals surface area contributed by atoms with E-state index in [1.807, 2.05) is 35.7 Å². The van der Waals surface area contributed by atoms with Gasteiger partial charge in [-0.15, -0.1) is 23.5 Å². The van der Waals surface area contributed by atoms with Gasteiger partial charge in [-0.1, -0.05) is 51.4 Å². The van der Waals surface area contributed by atoms with Crippen LogP contribution in [0.2, 0.25) is 0 Å². The molecule has 46 heavy (non-hydrogen) atoms. The molecule has 0 aliphatic carbocycles. The third kappa shape index (κ3) is 7.96. The minimum Gasteiger partial charge on any atom is -0.463 e. The third-order valence-electron chi connectivity index (χ3n) is 7.86. The molecule has 0 unspecified atom stereocenters. The monoisotopic (exact) mass is 643 g/mol. The summed E-state index contributed by atoms with van der Waals surface area (Å²) in [6, 6.07) is 14.7. The lowest BCUT2D eigenvalue weighted by atomic mass is 9.81. The predicted octanol–water partition coefficient (Wildman–Crippen LogP) is 6.96. The van der Waals surface area contributed by atoms with Gasteiger partial charge in [-0.05, 0) is 82.7 Å². The van der Waals surface area contributed by atoms with Crippen LogP contribution in [-0.2, 0) is 15.6 Å². The predicted molar refractivity (Wildman–Crippen MR) is 182 cm³/mol. The standard InChI is InChI=1S/C19H18N2O2S.C18H15N3S/c1-19(2)8-9-24-16-7-6-13(10-15(16)19)4-5-14-11-20-17(21-12-14)18(22)23-3;1-18(2)7-8-22-16-6-5-13(9-15(16)18)3-4-14-11-20-17(10-19)21-12-14/h6-7,10-12H,8-9H2,1-3H3;5-6,9,11-12H,7-8H2,1-2H3. The van der Waals surface area contributed by atoms with Crippen LogP contribution >= 0.6 is 23.5 Å². The normalized spacial score (nSPS) is 15.0. The average molecular weight is 644 g/mol. The highest BCUT2D eigenvalue weighted by Crippen LogP contribution is 2.42. The minimum absolute atomic E-state index is 0.0376. The molecule has 0 spiro atoms. The molecule has 6 rings (SSSR count). The van der Waals surface area contributed by atoms with Gasteiger partial charge in [0.05, 0.1) is 18.2 Å². The lowest BCUT2D eigenvalue weighted by Gasteiger charge is -2.32. The number of methoxy groups -OCH3 is 1. The number of ether oxygens (including phenoxy) is 1. The van der Waals surface area contributed by atoms with Crippen molar-refractivity contribution in [3.63, 3.8) is 0 Å². The molecular weight excluding hydrogens is 611 g/mol. The number of hydrogen-bond acceptors (Lipinski definition) is 9. The van der Waals surface area contributed by atoms with Gasteiger partial charge < -0.3 is 4.74 Å². The van der Waals surface area contributed by atoms with E-state index in [1.165, 1.54) is 59.0 Å². The van der Waals surface area contributed by atoms with Gasteiger partial charge >= 0.3 is 5.97 Å². The second-order valence-corrected chi connectivity index (χ2v) is 14.4. The molecule has 2 aromatic carbocycles. The average Bonchev–Trinajstić information content (AvgIpc) is 3.07. The fraction of sp³-hybridized carbons (Fsp3) is 0.297. The van der Waals surface area contributed by atoms with E-state index in [4.69, 9.17) is 5.26 Å². The molecule has 0 N–H and O–H groups in total. The van der Waals surface area contributed by atoms with Gasteiger partial charge in [0.1, 0.15) is 6.07 Å². The van der Waals surface area contributed by atoms with Gasteiger partial charge in [0.25, 0.3) is 0 Å². The smallest absolute Gasteiger partial charge is 0.376 e. The maximum absolute atomic E-state index is 11.3. The highest BCUT2D eigenvalue weighted by atomic mass is 32.2. The van der Waals surface area contributed by atoms with E-state index >= 15 is 0 Å². The van der Waals surface area contributed by atoms with Crippen LogP contribution in [0, 0.1) is 35.0 Å². The Labute approximate surface area is 279 Å². The Bertz CT molecular complexity index is 1920. The molecule has 7 nitrogen and oxygen atoms in total. The first-order valence-electron chi connectivity index (χ1n) is 14.8. The first-order valence-corrected chi connectivity index (χ1v) is 16.8. The molecule has 2 aliphatic heterocycles. The lowest BCUT2D eigenvalue weighted by molar-refractivity contribution is 0.0586. The van der Waals surface area contributed by atoms with Crippen molar-refractivity contribution < 1.29 is 9.53 Å². The fourth-order valence-corrected chi connectivity index (χ4v) is 7.93. The van der Waals surface area contributed by atoms with Crippen LogP contribution < -0.4 is 0 Å². The Morgan fingerprint density at radius 3 is 1.59 bits per heavy atom.